The van der Waals surface area contributed by atoms with Gasteiger partial charge in [-0.15, -0.1) is 0 Å². The monoisotopic (exact) mass is 525 g/mol. The van der Waals surface area contributed by atoms with Gasteiger partial charge in [-0.05, 0) is 43.9 Å². The molecule has 196 valence electrons. The fourth-order valence-corrected chi connectivity index (χ4v) is 6.76. The summed E-state index contributed by atoms with van der Waals surface area (Å²) in [5, 5.41) is 16.2. The SMILES string of the molecule is CC[C@]12CCC3(O1)C(C(=O)Nc1ccccc1Cl)N([C@H](C)CO)C(=O)[C@@H]3[C@H]2C(=O)NCc1ccccc1. The number of benzene rings is 2. The summed E-state index contributed by atoms with van der Waals surface area (Å²) in [6.07, 6.45) is 1.57. The molecule has 2 aromatic carbocycles. The molecule has 2 bridgehead atoms. The molecule has 3 aliphatic heterocycles. The number of aliphatic hydroxyl groups is 1. The molecule has 3 aliphatic rings. The van der Waals surface area contributed by atoms with Gasteiger partial charge in [0.25, 0.3) is 0 Å². The molecule has 2 aromatic rings. The van der Waals surface area contributed by atoms with Crippen molar-refractivity contribution in [2.75, 3.05) is 11.9 Å². The van der Waals surface area contributed by atoms with Gasteiger partial charge >= 0.3 is 0 Å². The average molecular weight is 526 g/mol. The fourth-order valence-electron chi connectivity index (χ4n) is 6.57. The Balaban J connectivity index is 1.50. The number of aliphatic hydroxyl groups excluding tert-OH is 1. The molecule has 8 nitrogen and oxygen atoms in total. The van der Waals surface area contributed by atoms with E-state index in [1.165, 1.54) is 4.90 Å². The first-order chi connectivity index (χ1) is 17.8. The number of nitrogens with zero attached hydrogens (tertiary/aromatic N) is 1. The van der Waals surface area contributed by atoms with E-state index in [1.54, 1.807) is 31.2 Å². The van der Waals surface area contributed by atoms with Crippen LogP contribution in [0.2, 0.25) is 5.02 Å². The second kappa shape index (κ2) is 9.74. The van der Waals surface area contributed by atoms with E-state index >= 15 is 0 Å². The minimum absolute atomic E-state index is 0.255. The third kappa shape index (κ3) is 4.02. The average Bonchev–Trinajstić information content (AvgIpc) is 3.52. The molecule has 6 atom stereocenters. The first kappa shape index (κ1) is 25.7. The number of likely N-dealkylation sites (tertiary alicyclic amines) is 1. The van der Waals surface area contributed by atoms with E-state index < -0.39 is 41.0 Å². The summed E-state index contributed by atoms with van der Waals surface area (Å²) in [7, 11) is 0. The van der Waals surface area contributed by atoms with Crippen LogP contribution in [0.15, 0.2) is 54.6 Å². The normalized spacial score (nSPS) is 30.8. The fraction of sp³-hybridized carbons (Fsp3) is 0.464. The summed E-state index contributed by atoms with van der Waals surface area (Å²) >= 11 is 6.29. The number of fused-ring (bicyclic) bond motifs is 1. The van der Waals surface area contributed by atoms with Gasteiger partial charge in [-0.1, -0.05) is 61.0 Å². The number of halogens is 1. The van der Waals surface area contributed by atoms with Crippen molar-refractivity contribution < 1.29 is 24.2 Å². The number of amides is 3. The van der Waals surface area contributed by atoms with Gasteiger partial charge in [0.15, 0.2) is 0 Å². The molecule has 0 aliphatic carbocycles. The van der Waals surface area contributed by atoms with Crippen LogP contribution in [0.25, 0.3) is 0 Å². The lowest BCUT2D eigenvalue weighted by molar-refractivity contribution is -0.148. The first-order valence-corrected chi connectivity index (χ1v) is 13.2. The van der Waals surface area contributed by atoms with Gasteiger partial charge in [-0.3, -0.25) is 14.4 Å². The van der Waals surface area contributed by atoms with Crippen LogP contribution in [0.3, 0.4) is 0 Å². The van der Waals surface area contributed by atoms with E-state index in [4.69, 9.17) is 16.3 Å². The molecule has 0 aromatic heterocycles. The number of hydrogen-bond acceptors (Lipinski definition) is 5. The summed E-state index contributed by atoms with van der Waals surface area (Å²) in [4.78, 5) is 42.9. The Hall–Kier alpha value is -2.94. The molecule has 3 saturated heterocycles. The minimum atomic E-state index is -1.17. The van der Waals surface area contributed by atoms with Crippen molar-refractivity contribution in [1.29, 1.82) is 0 Å². The van der Waals surface area contributed by atoms with Crippen molar-refractivity contribution in [3.8, 4) is 0 Å². The number of nitrogens with one attached hydrogen (secondary N) is 2. The zero-order valence-corrected chi connectivity index (χ0v) is 21.7. The molecule has 2 unspecified atom stereocenters. The molecule has 1 spiro atoms. The number of anilines is 1. The maximum atomic E-state index is 14.0. The van der Waals surface area contributed by atoms with Crippen molar-refractivity contribution in [3.63, 3.8) is 0 Å². The topological polar surface area (TPSA) is 108 Å². The zero-order chi connectivity index (χ0) is 26.4. The number of ether oxygens (including phenoxy) is 1. The van der Waals surface area contributed by atoms with Crippen molar-refractivity contribution in [3.05, 3.63) is 65.2 Å². The highest BCUT2D eigenvalue weighted by Crippen LogP contribution is 2.64. The number of carbonyl (C=O) groups is 3. The highest BCUT2D eigenvalue weighted by molar-refractivity contribution is 6.33. The van der Waals surface area contributed by atoms with Crippen LogP contribution in [0, 0.1) is 11.8 Å². The van der Waals surface area contributed by atoms with E-state index in [0.29, 0.717) is 36.5 Å². The summed E-state index contributed by atoms with van der Waals surface area (Å²) in [6, 6.07) is 14.8. The molecule has 3 heterocycles. The summed E-state index contributed by atoms with van der Waals surface area (Å²) in [6.45, 7) is 3.65. The summed E-state index contributed by atoms with van der Waals surface area (Å²) < 4.78 is 6.70. The highest BCUT2D eigenvalue weighted by Gasteiger charge is 2.78. The zero-order valence-electron chi connectivity index (χ0n) is 20.9. The van der Waals surface area contributed by atoms with Gasteiger partial charge in [0.2, 0.25) is 17.7 Å². The maximum Gasteiger partial charge on any atom is 0.250 e. The van der Waals surface area contributed by atoms with Crippen LogP contribution in [-0.2, 0) is 25.7 Å². The van der Waals surface area contributed by atoms with E-state index in [1.807, 2.05) is 37.3 Å². The third-order valence-electron chi connectivity index (χ3n) is 8.33. The standard InChI is InChI=1S/C28H32ClN3O5/c1-3-27-13-14-28(37-27)22(21(27)24(34)30-15-18-9-5-4-6-10-18)26(36)32(17(2)16-33)23(28)25(35)31-20-12-8-7-11-19(20)29/h4-12,17,21-23,33H,3,13-16H2,1-2H3,(H,30,34)(H,31,35)/t17-,21+,22+,23?,27-,28?/m1/s1. The Morgan fingerprint density at radius 3 is 2.51 bits per heavy atom. The molecule has 5 rings (SSSR count). The summed E-state index contributed by atoms with van der Waals surface area (Å²) in [5.41, 5.74) is -0.631. The maximum absolute atomic E-state index is 14.0. The van der Waals surface area contributed by atoms with E-state index in [2.05, 4.69) is 10.6 Å². The van der Waals surface area contributed by atoms with E-state index in [9.17, 15) is 19.5 Å². The van der Waals surface area contributed by atoms with Crippen LogP contribution in [-0.4, -0.2) is 57.6 Å². The lowest BCUT2D eigenvalue weighted by Gasteiger charge is -2.36. The Morgan fingerprint density at radius 2 is 1.84 bits per heavy atom. The number of hydrogen-bond donors (Lipinski definition) is 3. The van der Waals surface area contributed by atoms with Gasteiger partial charge in [-0.2, -0.15) is 0 Å². The third-order valence-corrected chi connectivity index (χ3v) is 8.66. The highest BCUT2D eigenvalue weighted by atomic mass is 35.5. The molecule has 3 amide bonds. The lowest BCUT2D eigenvalue weighted by atomic mass is 9.65. The van der Waals surface area contributed by atoms with Crippen LogP contribution in [0.1, 0.15) is 38.7 Å². The van der Waals surface area contributed by atoms with Crippen molar-refractivity contribution >= 4 is 35.0 Å². The van der Waals surface area contributed by atoms with Crippen LogP contribution < -0.4 is 10.6 Å². The van der Waals surface area contributed by atoms with Crippen molar-refractivity contribution in [2.24, 2.45) is 11.8 Å². The Morgan fingerprint density at radius 1 is 1.14 bits per heavy atom. The van der Waals surface area contributed by atoms with Crippen molar-refractivity contribution in [2.45, 2.75) is 62.9 Å². The second-order valence-electron chi connectivity index (χ2n) is 10.3. The molecule has 37 heavy (non-hydrogen) atoms. The predicted octanol–water partition coefficient (Wildman–Crippen LogP) is 3.13. The first-order valence-electron chi connectivity index (χ1n) is 12.8. The van der Waals surface area contributed by atoms with Crippen molar-refractivity contribution in [1.82, 2.24) is 10.2 Å². The Bertz CT molecular complexity index is 1210. The van der Waals surface area contributed by atoms with Gasteiger partial charge < -0.3 is 25.4 Å². The number of carbonyl (C=O) groups excluding carboxylic acids is 3. The Kier molecular flexibility index (Phi) is 6.77. The molecular formula is C28H32ClN3O5. The van der Waals surface area contributed by atoms with E-state index in [-0.39, 0.29) is 18.4 Å². The van der Waals surface area contributed by atoms with Crippen LogP contribution in [0.4, 0.5) is 5.69 Å². The van der Waals surface area contributed by atoms with Gasteiger partial charge in [0.1, 0.15) is 11.6 Å². The predicted molar refractivity (Wildman–Crippen MR) is 139 cm³/mol. The van der Waals surface area contributed by atoms with Gasteiger partial charge in [-0.25, -0.2) is 0 Å². The smallest absolute Gasteiger partial charge is 0.250 e. The number of para-hydroxylation sites is 1. The molecule has 3 fully saturated rings. The van der Waals surface area contributed by atoms with Gasteiger partial charge in [0, 0.05) is 6.54 Å². The lowest BCUT2D eigenvalue weighted by Crippen LogP contribution is -2.55. The largest absolute Gasteiger partial charge is 0.394 e. The summed E-state index contributed by atoms with van der Waals surface area (Å²) in [5.74, 6) is -2.60. The van der Waals surface area contributed by atoms with Crippen LogP contribution >= 0.6 is 11.6 Å². The second-order valence-corrected chi connectivity index (χ2v) is 10.7. The molecule has 0 saturated carbocycles. The van der Waals surface area contributed by atoms with E-state index in [0.717, 1.165) is 5.56 Å². The van der Waals surface area contributed by atoms with Crippen LogP contribution in [0.5, 0.6) is 0 Å². The molecule has 9 heteroatoms. The minimum Gasteiger partial charge on any atom is -0.394 e. The molecular weight excluding hydrogens is 494 g/mol. The molecule has 0 radical (unpaired) electrons. The quantitative estimate of drug-likeness (QED) is 0.491. The Labute approximate surface area is 221 Å². The van der Waals surface area contributed by atoms with Gasteiger partial charge in [0.05, 0.1) is 40.8 Å². The number of rotatable bonds is 8. The molecule has 3 N–H and O–H groups in total.